The van der Waals surface area contributed by atoms with E-state index in [4.69, 9.17) is 14.2 Å². The number of para-hydroxylation sites is 3. The maximum atomic E-state index is 12.2. The third-order valence-corrected chi connectivity index (χ3v) is 4.63. The zero-order valence-corrected chi connectivity index (χ0v) is 19.8. The number of hydrogen-bond acceptors (Lipinski definition) is 7. The molecule has 0 heterocycles. The van der Waals surface area contributed by atoms with Gasteiger partial charge in [-0.2, -0.15) is 5.10 Å². The molecule has 0 saturated heterocycles. The summed E-state index contributed by atoms with van der Waals surface area (Å²) in [6, 6.07) is 20.7. The van der Waals surface area contributed by atoms with Crippen molar-refractivity contribution >= 4 is 35.3 Å². The van der Waals surface area contributed by atoms with Crippen LogP contribution in [0.5, 0.6) is 17.2 Å². The molecule has 3 amide bonds. The van der Waals surface area contributed by atoms with Crippen LogP contribution < -0.4 is 30.3 Å². The molecule has 0 spiro atoms. The van der Waals surface area contributed by atoms with Crippen molar-refractivity contribution in [1.29, 1.82) is 0 Å². The number of methoxy groups -OCH3 is 1. The van der Waals surface area contributed by atoms with E-state index in [1.807, 2.05) is 25.1 Å². The highest BCUT2D eigenvalue weighted by Gasteiger charge is 2.15. The lowest BCUT2D eigenvalue weighted by Crippen LogP contribution is -2.32. The number of hydrogen-bond donors (Lipinski definition) is 3. The minimum Gasteiger partial charge on any atom is -0.493 e. The Balaban J connectivity index is 1.53. The van der Waals surface area contributed by atoms with Crippen LogP contribution in [-0.4, -0.2) is 44.3 Å². The molecule has 0 aliphatic rings. The van der Waals surface area contributed by atoms with Crippen LogP contribution in [0.25, 0.3) is 0 Å². The number of amides is 3. The summed E-state index contributed by atoms with van der Waals surface area (Å²) in [5, 5.41) is 9.03. The summed E-state index contributed by atoms with van der Waals surface area (Å²) in [7, 11) is 1.46. The number of benzene rings is 3. The van der Waals surface area contributed by atoms with Crippen molar-refractivity contribution in [2.75, 3.05) is 31.0 Å². The van der Waals surface area contributed by atoms with E-state index in [1.54, 1.807) is 54.6 Å². The maximum absolute atomic E-state index is 12.2. The van der Waals surface area contributed by atoms with E-state index in [2.05, 4.69) is 21.2 Å². The molecule has 186 valence electrons. The molecule has 3 aromatic rings. The molecule has 0 bridgehead atoms. The third-order valence-electron chi connectivity index (χ3n) is 4.63. The highest BCUT2D eigenvalue weighted by atomic mass is 16.5. The van der Waals surface area contributed by atoms with Crippen LogP contribution in [0.1, 0.15) is 12.5 Å². The van der Waals surface area contributed by atoms with Crippen molar-refractivity contribution in [2.45, 2.75) is 6.92 Å². The fraction of sp³-hybridized carbons (Fsp3) is 0.154. The van der Waals surface area contributed by atoms with Gasteiger partial charge in [-0.1, -0.05) is 30.3 Å². The average molecular weight is 491 g/mol. The number of anilines is 2. The number of nitrogens with one attached hydrogen (secondary N) is 3. The summed E-state index contributed by atoms with van der Waals surface area (Å²) >= 11 is 0. The number of carbonyl (C=O) groups excluding carboxylic acids is 3. The molecule has 36 heavy (non-hydrogen) atoms. The van der Waals surface area contributed by atoms with Crippen LogP contribution >= 0.6 is 0 Å². The first kappa shape index (κ1) is 25.8. The molecule has 3 N–H and O–H groups in total. The van der Waals surface area contributed by atoms with Gasteiger partial charge in [0, 0.05) is 5.69 Å². The Morgan fingerprint density at radius 2 is 1.58 bits per heavy atom. The standard InChI is InChI=1S/C26H26N4O6/c1-3-35-21-12-8-7-11-20(21)29-25(32)26(33)30-27-16-18-13-14-22(23(15-18)34-2)36-17-24(31)28-19-9-5-4-6-10-19/h4-16H,3,17H2,1-2H3,(H,28,31)(H,29,32)(H,30,33)/b27-16-. The number of rotatable bonds is 10. The van der Waals surface area contributed by atoms with Crippen LogP contribution in [0.15, 0.2) is 77.9 Å². The molecule has 0 radical (unpaired) electrons. The first-order chi connectivity index (χ1) is 17.5. The Kier molecular flexibility index (Phi) is 9.40. The van der Waals surface area contributed by atoms with Gasteiger partial charge in [-0.05, 0) is 55.0 Å². The van der Waals surface area contributed by atoms with Crippen LogP contribution in [0.3, 0.4) is 0 Å². The van der Waals surface area contributed by atoms with Crippen LogP contribution in [-0.2, 0) is 14.4 Å². The van der Waals surface area contributed by atoms with Gasteiger partial charge in [0.05, 0.1) is 25.6 Å². The van der Waals surface area contributed by atoms with Crippen LogP contribution in [0.2, 0.25) is 0 Å². The Morgan fingerprint density at radius 3 is 2.33 bits per heavy atom. The first-order valence-corrected chi connectivity index (χ1v) is 11.0. The lowest BCUT2D eigenvalue weighted by molar-refractivity contribution is -0.136. The molecular formula is C26H26N4O6. The highest BCUT2D eigenvalue weighted by molar-refractivity contribution is 6.39. The van der Waals surface area contributed by atoms with Gasteiger partial charge in [-0.15, -0.1) is 0 Å². The summed E-state index contributed by atoms with van der Waals surface area (Å²) in [5.41, 5.74) is 3.78. The number of carbonyl (C=O) groups is 3. The molecular weight excluding hydrogens is 464 g/mol. The Labute approximate surface area is 208 Å². The van der Waals surface area contributed by atoms with Crippen molar-refractivity contribution in [3.05, 3.63) is 78.4 Å². The van der Waals surface area contributed by atoms with Crippen LogP contribution in [0, 0.1) is 0 Å². The molecule has 3 aromatic carbocycles. The van der Waals surface area contributed by atoms with Gasteiger partial charge >= 0.3 is 11.8 Å². The molecule has 0 unspecified atom stereocenters. The summed E-state index contributed by atoms with van der Waals surface area (Å²) < 4.78 is 16.3. The van der Waals surface area contributed by atoms with E-state index in [9.17, 15) is 14.4 Å². The smallest absolute Gasteiger partial charge is 0.329 e. The second-order valence-electron chi connectivity index (χ2n) is 7.20. The van der Waals surface area contributed by atoms with Gasteiger partial charge in [-0.3, -0.25) is 14.4 Å². The topological polar surface area (TPSA) is 127 Å². The van der Waals surface area contributed by atoms with Crippen molar-refractivity contribution in [2.24, 2.45) is 5.10 Å². The summed E-state index contributed by atoms with van der Waals surface area (Å²) in [6.07, 6.45) is 1.34. The largest absolute Gasteiger partial charge is 0.493 e. The molecule has 0 aliphatic carbocycles. The number of nitrogens with zero attached hydrogens (tertiary/aromatic N) is 1. The molecule has 10 nitrogen and oxygen atoms in total. The van der Waals surface area contributed by atoms with E-state index in [1.165, 1.54) is 13.3 Å². The Bertz CT molecular complexity index is 1230. The van der Waals surface area contributed by atoms with E-state index in [-0.39, 0.29) is 12.5 Å². The van der Waals surface area contributed by atoms with Gasteiger partial charge in [0.1, 0.15) is 5.75 Å². The van der Waals surface area contributed by atoms with Crippen molar-refractivity contribution in [1.82, 2.24) is 5.43 Å². The van der Waals surface area contributed by atoms with E-state index in [0.29, 0.717) is 40.8 Å². The van der Waals surface area contributed by atoms with Gasteiger partial charge in [0.2, 0.25) is 0 Å². The highest BCUT2D eigenvalue weighted by Crippen LogP contribution is 2.27. The predicted molar refractivity (Wildman–Crippen MR) is 136 cm³/mol. The lowest BCUT2D eigenvalue weighted by Gasteiger charge is -2.11. The van der Waals surface area contributed by atoms with Crippen molar-refractivity contribution in [3.8, 4) is 17.2 Å². The molecule has 0 aliphatic heterocycles. The van der Waals surface area contributed by atoms with Gasteiger partial charge in [-0.25, -0.2) is 5.43 Å². The minimum absolute atomic E-state index is 0.212. The summed E-state index contributed by atoms with van der Waals surface area (Å²) in [4.78, 5) is 36.4. The van der Waals surface area contributed by atoms with Gasteiger partial charge in [0.25, 0.3) is 5.91 Å². The second kappa shape index (κ2) is 13.1. The van der Waals surface area contributed by atoms with Crippen LogP contribution in [0.4, 0.5) is 11.4 Å². The second-order valence-corrected chi connectivity index (χ2v) is 7.20. The van der Waals surface area contributed by atoms with E-state index >= 15 is 0 Å². The zero-order chi connectivity index (χ0) is 25.8. The quantitative estimate of drug-likeness (QED) is 0.228. The molecule has 0 atom stereocenters. The third kappa shape index (κ3) is 7.59. The SMILES string of the molecule is CCOc1ccccc1NC(=O)C(=O)N/N=C\c1ccc(OCC(=O)Nc2ccccc2)c(OC)c1. The van der Waals surface area contributed by atoms with E-state index < -0.39 is 11.8 Å². The monoisotopic (exact) mass is 490 g/mol. The van der Waals surface area contributed by atoms with Crippen molar-refractivity contribution in [3.63, 3.8) is 0 Å². The predicted octanol–water partition coefficient (Wildman–Crippen LogP) is 3.20. The fourth-order valence-corrected chi connectivity index (χ4v) is 2.99. The number of ether oxygens (including phenoxy) is 3. The Morgan fingerprint density at radius 1 is 0.833 bits per heavy atom. The lowest BCUT2D eigenvalue weighted by atomic mass is 10.2. The Hall–Kier alpha value is -4.86. The molecule has 3 rings (SSSR count). The average Bonchev–Trinajstić information content (AvgIpc) is 2.89. The molecule has 0 aromatic heterocycles. The number of hydrazone groups is 1. The minimum atomic E-state index is -0.950. The maximum Gasteiger partial charge on any atom is 0.329 e. The fourth-order valence-electron chi connectivity index (χ4n) is 2.99. The summed E-state index contributed by atoms with van der Waals surface area (Å²) in [5.74, 6) is -0.990. The van der Waals surface area contributed by atoms with Gasteiger partial charge in [0.15, 0.2) is 18.1 Å². The van der Waals surface area contributed by atoms with Gasteiger partial charge < -0.3 is 24.8 Å². The molecule has 0 fully saturated rings. The normalized spacial score (nSPS) is 10.4. The molecule has 0 saturated carbocycles. The summed E-state index contributed by atoms with van der Waals surface area (Å²) in [6.45, 7) is 2.02. The zero-order valence-electron chi connectivity index (χ0n) is 19.8. The van der Waals surface area contributed by atoms with Crippen molar-refractivity contribution < 1.29 is 28.6 Å². The van der Waals surface area contributed by atoms with E-state index in [0.717, 1.165) is 0 Å². The first-order valence-electron chi connectivity index (χ1n) is 11.0. The molecule has 10 heteroatoms.